The van der Waals surface area contributed by atoms with Gasteiger partial charge in [-0.25, -0.2) is 9.97 Å². The number of furan rings is 2. The third-order valence-electron chi connectivity index (χ3n) is 11.5. The molecule has 10 aromatic rings. The van der Waals surface area contributed by atoms with Gasteiger partial charge in [-0.05, 0) is 71.7 Å². The predicted octanol–water partition coefficient (Wildman–Crippen LogP) is 13.5. The average molecular weight is 710 g/mol. The van der Waals surface area contributed by atoms with Gasteiger partial charge in [0.15, 0.2) is 5.82 Å². The van der Waals surface area contributed by atoms with E-state index in [2.05, 4.69) is 128 Å². The Kier molecular flexibility index (Phi) is 6.60. The molecular weight excluding hydrogens is 675 g/mol. The van der Waals surface area contributed by atoms with Crippen LogP contribution in [0.3, 0.4) is 0 Å². The first-order chi connectivity index (χ1) is 26.9. The fourth-order valence-electron chi connectivity index (χ4n) is 8.91. The van der Waals surface area contributed by atoms with E-state index in [0.29, 0.717) is 5.82 Å². The Hall–Kier alpha value is -6.98. The highest BCUT2D eigenvalue weighted by molar-refractivity contribution is 6.21. The van der Waals surface area contributed by atoms with E-state index in [1.807, 2.05) is 43.3 Å². The van der Waals surface area contributed by atoms with Gasteiger partial charge in [-0.2, -0.15) is 0 Å². The standard InChI is InChI=1S/C50H35N3O2/c1-5-14-32-33-19-12-21-37(47(33)54-42(32)6-2)48-51-40-23-9-7-17-34(40)45(52-48)31-16-11-15-29(27-31)30-25-26-41-39(28-30)50(3,4)38-22-13-20-36-44-35-18-8-10-24-43(35)55-49(44)53(41)46(36)38/h5-28H,2H2,1,3-4H3/b14-5-. The first kappa shape index (κ1) is 31.5. The molecule has 0 radical (unpaired) electrons. The van der Waals surface area contributed by atoms with Crippen LogP contribution in [0.15, 0.2) is 149 Å². The van der Waals surface area contributed by atoms with E-state index in [1.54, 1.807) is 6.08 Å². The SMILES string of the molecule is C=Cc1oc2c(-c3nc(-c4cccc(-c5ccc6c(c5)C(C)(C)c5cccc7c8c9ccccc9oc8n-6c57)c4)c4ccccc4n3)cccc2c1/C=C\C. The van der Waals surface area contributed by atoms with Gasteiger partial charge in [0.1, 0.15) is 16.9 Å². The number of fused-ring (bicyclic) bond motifs is 9. The lowest BCUT2D eigenvalue weighted by Crippen LogP contribution is -2.26. The van der Waals surface area contributed by atoms with Crippen LogP contribution in [0.25, 0.3) is 106 Å². The highest BCUT2D eigenvalue weighted by atomic mass is 16.3. The van der Waals surface area contributed by atoms with Crippen molar-refractivity contribution in [3.63, 3.8) is 0 Å². The topological polar surface area (TPSA) is 57.0 Å². The summed E-state index contributed by atoms with van der Waals surface area (Å²) in [6.45, 7) is 10.7. The average Bonchev–Trinajstić information content (AvgIpc) is 3.89. The summed E-state index contributed by atoms with van der Waals surface area (Å²) in [4.78, 5) is 10.4. The van der Waals surface area contributed by atoms with Crippen molar-refractivity contribution in [1.82, 2.24) is 14.5 Å². The van der Waals surface area contributed by atoms with Crippen molar-refractivity contribution in [2.75, 3.05) is 0 Å². The van der Waals surface area contributed by atoms with Crippen molar-refractivity contribution in [3.05, 3.63) is 162 Å². The molecule has 0 atom stereocenters. The summed E-state index contributed by atoms with van der Waals surface area (Å²) in [6, 6.07) is 45.0. The number of hydrogen-bond acceptors (Lipinski definition) is 4. The van der Waals surface area contributed by atoms with Gasteiger partial charge < -0.3 is 8.83 Å². The van der Waals surface area contributed by atoms with E-state index in [-0.39, 0.29) is 5.41 Å². The number of benzene rings is 6. The van der Waals surface area contributed by atoms with Crippen molar-refractivity contribution in [2.45, 2.75) is 26.2 Å². The predicted molar refractivity (Wildman–Crippen MR) is 227 cm³/mol. The molecule has 0 N–H and O–H groups in total. The number of rotatable bonds is 5. The van der Waals surface area contributed by atoms with Crippen LogP contribution in [0.1, 0.15) is 43.2 Å². The molecule has 55 heavy (non-hydrogen) atoms. The summed E-state index contributed by atoms with van der Waals surface area (Å²) >= 11 is 0. The molecule has 6 aromatic carbocycles. The Labute approximate surface area is 317 Å². The van der Waals surface area contributed by atoms with Crippen molar-refractivity contribution < 1.29 is 8.83 Å². The van der Waals surface area contributed by atoms with Crippen LogP contribution in [0.2, 0.25) is 0 Å². The third-order valence-corrected chi connectivity index (χ3v) is 11.5. The quantitative estimate of drug-likeness (QED) is 0.178. The van der Waals surface area contributed by atoms with E-state index < -0.39 is 0 Å². The van der Waals surface area contributed by atoms with Gasteiger partial charge in [-0.15, -0.1) is 0 Å². The lowest BCUT2D eigenvalue weighted by Gasteiger charge is -2.34. The summed E-state index contributed by atoms with van der Waals surface area (Å²) in [6.07, 6.45) is 5.84. The molecule has 0 unspecified atom stereocenters. The maximum absolute atomic E-state index is 6.61. The van der Waals surface area contributed by atoms with Crippen molar-refractivity contribution in [2.24, 2.45) is 0 Å². The Balaban J connectivity index is 1.08. The van der Waals surface area contributed by atoms with Gasteiger partial charge in [0.2, 0.25) is 5.71 Å². The smallest absolute Gasteiger partial charge is 0.213 e. The van der Waals surface area contributed by atoms with Crippen LogP contribution < -0.4 is 0 Å². The van der Waals surface area contributed by atoms with Crippen LogP contribution in [0, 0.1) is 0 Å². The maximum Gasteiger partial charge on any atom is 0.213 e. The second kappa shape index (κ2) is 11.5. The molecule has 0 amide bonds. The molecule has 11 rings (SSSR count). The van der Waals surface area contributed by atoms with Gasteiger partial charge >= 0.3 is 0 Å². The molecular formula is C50H35N3O2. The molecule has 1 aliphatic heterocycles. The van der Waals surface area contributed by atoms with Gasteiger partial charge in [-0.1, -0.05) is 124 Å². The van der Waals surface area contributed by atoms with Crippen LogP contribution in [0.5, 0.6) is 0 Å². The molecule has 0 spiro atoms. The number of hydrogen-bond donors (Lipinski definition) is 0. The van der Waals surface area contributed by atoms with Gasteiger partial charge in [0.25, 0.3) is 0 Å². The van der Waals surface area contributed by atoms with E-state index in [1.165, 1.54) is 27.4 Å². The van der Waals surface area contributed by atoms with Crippen molar-refractivity contribution in [3.8, 4) is 39.5 Å². The summed E-state index contributed by atoms with van der Waals surface area (Å²) in [5.41, 5.74) is 14.1. The number of nitrogens with zero attached hydrogens (tertiary/aromatic N) is 3. The molecule has 0 saturated heterocycles. The zero-order valence-corrected chi connectivity index (χ0v) is 30.7. The normalized spacial score (nSPS) is 13.5. The molecule has 5 heterocycles. The number of aromatic nitrogens is 3. The Morgan fingerprint density at radius 2 is 1.42 bits per heavy atom. The van der Waals surface area contributed by atoms with Crippen molar-refractivity contribution >= 4 is 67.0 Å². The van der Waals surface area contributed by atoms with Gasteiger partial charge in [0.05, 0.1) is 33.4 Å². The van der Waals surface area contributed by atoms with Gasteiger partial charge in [0, 0.05) is 38.1 Å². The fraction of sp³-hybridized carbons (Fsp3) is 0.0800. The summed E-state index contributed by atoms with van der Waals surface area (Å²) < 4.78 is 15.4. The second-order valence-corrected chi connectivity index (χ2v) is 14.9. The molecule has 0 bridgehead atoms. The van der Waals surface area contributed by atoms with Crippen LogP contribution in [0.4, 0.5) is 0 Å². The van der Waals surface area contributed by atoms with E-state index in [9.17, 15) is 0 Å². The lowest BCUT2D eigenvalue weighted by atomic mass is 9.74. The van der Waals surface area contributed by atoms with Gasteiger partial charge in [-0.3, -0.25) is 4.57 Å². The minimum Gasteiger partial charge on any atom is -0.455 e. The molecule has 0 fully saturated rings. The molecule has 0 saturated carbocycles. The molecule has 4 aromatic heterocycles. The Bertz CT molecular complexity index is 3280. The van der Waals surface area contributed by atoms with E-state index in [0.717, 1.165) is 83.5 Å². The summed E-state index contributed by atoms with van der Waals surface area (Å²) in [5.74, 6) is 1.35. The third kappa shape index (κ3) is 4.41. The highest BCUT2D eigenvalue weighted by Crippen LogP contribution is 2.50. The Morgan fingerprint density at radius 3 is 2.29 bits per heavy atom. The second-order valence-electron chi connectivity index (χ2n) is 14.9. The number of allylic oxidation sites excluding steroid dienone is 1. The Morgan fingerprint density at radius 1 is 0.673 bits per heavy atom. The first-order valence-electron chi connectivity index (χ1n) is 18.7. The minimum absolute atomic E-state index is 0.243. The van der Waals surface area contributed by atoms with Crippen LogP contribution in [-0.2, 0) is 5.41 Å². The largest absolute Gasteiger partial charge is 0.455 e. The molecule has 0 aliphatic carbocycles. The molecule has 5 heteroatoms. The zero-order valence-electron chi connectivity index (χ0n) is 30.7. The fourth-order valence-corrected chi connectivity index (χ4v) is 8.91. The summed E-state index contributed by atoms with van der Waals surface area (Å²) in [7, 11) is 0. The summed E-state index contributed by atoms with van der Waals surface area (Å²) in [5, 5.41) is 5.55. The zero-order chi connectivity index (χ0) is 37.0. The van der Waals surface area contributed by atoms with E-state index in [4.69, 9.17) is 18.8 Å². The van der Waals surface area contributed by atoms with Crippen LogP contribution >= 0.6 is 0 Å². The molecule has 262 valence electrons. The van der Waals surface area contributed by atoms with Crippen molar-refractivity contribution in [1.29, 1.82) is 0 Å². The minimum atomic E-state index is -0.243. The number of para-hydroxylation sites is 4. The molecule has 5 nitrogen and oxygen atoms in total. The molecule has 1 aliphatic rings. The maximum atomic E-state index is 6.61. The van der Waals surface area contributed by atoms with Crippen LogP contribution in [-0.4, -0.2) is 14.5 Å². The first-order valence-corrected chi connectivity index (χ1v) is 18.7. The lowest BCUT2D eigenvalue weighted by molar-refractivity contribution is 0.604. The van der Waals surface area contributed by atoms with E-state index >= 15 is 0 Å². The monoisotopic (exact) mass is 709 g/mol. The highest BCUT2D eigenvalue weighted by Gasteiger charge is 2.36.